The largest absolute Gasteiger partial charge is 0.421 e. The van der Waals surface area contributed by atoms with Gasteiger partial charge in [0, 0.05) is 7.11 Å². The molecule has 0 N–H and O–H groups in total. The molecular formula is C6H14O2Si. The van der Waals surface area contributed by atoms with Gasteiger partial charge in [-0.25, -0.2) is 0 Å². The maximum Gasteiger partial charge on any atom is 0.165 e. The summed E-state index contributed by atoms with van der Waals surface area (Å²) in [7, 11) is 1.37. The average molecular weight is 146 g/mol. The number of hydrogen-bond acceptors (Lipinski definition) is 2. The van der Waals surface area contributed by atoms with Gasteiger partial charge in [-0.15, -0.1) is 6.58 Å². The van der Waals surface area contributed by atoms with Gasteiger partial charge in [-0.3, -0.25) is 0 Å². The molecule has 0 saturated carbocycles. The van der Waals surface area contributed by atoms with Gasteiger partial charge >= 0.3 is 0 Å². The van der Waals surface area contributed by atoms with Gasteiger partial charge in [-0.2, -0.15) is 0 Å². The van der Waals surface area contributed by atoms with Crippen molar-refractivity contribution in [3.8, 4) is 0 Å². The molecule has 0 rings (SSSR count). The highest BCUT2D eigenvalue weighted by atomic mass is 28.2. The summed E-state index contributed by atoms with van der Waals surface area (Å²) in [4.78, 5) is 0. The first-order valence-electron chi connectivity index (χ1n) is 3.09. The van der Waals surface area contributed by atoms with E-state index >= 15 is 0 Å². The van der Waals surface area contributed by atoms with Gasteiger partial charge in [-0.1, -0.05) is 6.08 Å². The molecule has 0 aliphatic rings. The topological polar surface area (TPSA) is 18.5 Å². The lowest BCUT2D eigenvalue weighted by Crippen LogP contribution is -2.04. The molecule has 0 radical (unpaired) electrons. The van der Waals surface area contributed by atoms with Crippen molar-refractivity contribution in [1.82, 2.24) is 0 Å². The highest BCUT2D eigenvalue weighted by Crippen LogP contribution is 1.80. The summed E-state index contributed by atoms with van der Waals surface area (Å²) < 4.78 is 10.1. The molecule has 0 aromatic heterocycles. The SMILES string of the molecule is C=CC[SiH2]OCCOC. The summed E-state index contributed by atoms with van der Waals surface area (Å²) in [5.74, 6) is 0. The first kappa shape index (κ1) is 8.88. The van der Waals surface area contributed by atoms with Crippen LogP contribution in [0.25, 0.3) is 0 Å². The van der Waals surface area contributed by atoms with Crippen molar-refractivity contribution in [2.75, 3.05) is 20.3 Å². The Hall–Kier alpha value is -0.123. The Bertz CT molecular complexity index is 66.1. The molecule has 0 heterocycles. The molecule has 9 heavy (non-hydrogen) atoms. The van der Waals surface area contributed by atoms with E-state index < -0.39 is 0 Å². The third-order valence-corrected chi connectivity index (χ3v) is 2.12. The van der Waals surface area contributed by atoms with Gasteiger partial charge in [0.25, 0.3) is 0 Å². The highest BCUT2D eigenvalue weighted by Gasteiger charge is 1.84. The predicted molar refractivity (Wildman–Crippen MR) is 41.4 cm³/mol. The Labute approximate surface area is 58.8 Å². The zero-order chi connectivity index (χ0) is 6.95. The molecule has 0 aliphatic carbocycles. The Morgan fingerprint density at radius 1 is 1.56 bits per heavy atom. The molecule has 0 bridgehead atoms. The number of allylic oxidation sites excluding steroid dienone is 1. The fourth-order valence-corrected chi connectivity index (χ4v) is 1.07. The van der Waals surface area contributed by atoms with Crippen LogP contribution in [0.2, 0.25) is 6.04 Å². The third kappa shape index (κ3) is 7.88. The van der Waals surface area contributed by atoms with Gasteiger partial charge in [0.1, 0.15) is 0 Å². The molecule has 0 atom stereocenters. The quantitative estimate of drug-likeness (QED) is 0.305. The van der Waals surface area contributed by atoms with Crippen LogP contribution in [0.3, 0.4) is 0 Å². The lowest BCUT2D eigenvalue weighted by molar-refractivity contribution is 0.149. The summed E-state index contributed by atoms with van der Waals surface area (Å²) in [5.41, 5.74) is 0. The minimum Gasteiger partial charge on any atom is -0.421 e. The van der Waals surface area contributed by atoms with Crippen molar-refractivity contribution in [1.29, 1.82) is 0 Å². The van der Waals surface area contributed by atoms with Crippen molar-refractivity contribution in [3.05, 3.63) is 12.7 Å². The van der Waals surface area contributed by atoms with Crippen molar-refractivity contribution >= 4 is 9.76 Å². The smallest absolute Gasteiger partial charge is 0.165 e. The Kier molecular flexibility index (Phi) is 7.77. The van der Waals surface area contributed by atoms with Crippen molar-refractivity contribution in [2.45, 2.75) is 6.04 Å². The van der Waals surface area contributed by atoms with E-state index in [9.17, 15) is 0 Å². The van der Waals surface area contributed by atoms with Gasteiger partial charge in [-0.05, 0) is 6.04 Å². The maximum absolute atomic E-state index is 5.26. The summed E-state index contributed by atoms with van der Waals surface area (Å²) in [6, 6.07) is 1.06. The van der Waals surface area contributed by atoms with Crippen molar-refractivity contribution < 1.29 is 9.16 Å². The molecular weight excluding hydrogens is 132 g/mol. The zero-order valence-corrected chi connectivity index (χ0v) is 7.34. The minimum atomic E-state index is -0.307. The van der Waals surface area contributed by atoms with Crippen LogP contribution in [0.5, 0.6) is 0 Å². The van der Waals surface area contributed by atoms with E-state index in [-0.39, 0.29) is 9.76 Å². The summed E-state index contributed by atoms with van der Waals surface area (Å²) in [6.45, 7) is 5.06. The number of hydrogen-bond donors (Lipinski definition) is 0. The highest BCUT2D eigenvalue weighted by molar-refractivity contribution is 6.27. The molecule has 54 valence electrons. The van der Waals surface area contributed by atoms with Gasteiger partial charge < -0.3 is 9.16 Å². The second kappa shape index (κ2) is 7.88. The summed E-state index contributed by atoms with van der Waals surface area (Å²) in [6.07, 6.45) is 1.90. The molecule has 0 aromatic carbocycles. The van der Waals surface area contributed by atoms with Crippen LogP contribution in [0, 0.1) is 0 Å². The van der Waals surface area contributed by atoms with Crippen LogP contribution in [0.4, 0.5) is 0 Å². The van der Waals surface area contributed by atoms with E-state index in [1.54, 1.807) is 7.11 Å². The van der Waals surface area contributed by atoms with E-state index in [1.807, 2.05) is 6.08 Å². The lowest BCUT2D eigenvalue weighted by Gasteiger charge is -1.98. The molecule has 2 nitrogen and oxygen atoms in total. The fraction of sp³-hybridized carbons (Fsp3) is 0.667. The van der Waals surface area contributed by atoms with E-state index in [1.165, 1.54) is 0 Å². The van der Waals surface area contributed by atoms with E-state index in [4.69, 9.17) is 9.16 Å². The van der Waals surface area contributed by atoms with E-state index in [0.717, 1.165) is 12.7 Å². The monoisotopic (exact) mass is 146 g/mol. The molecule has 0 amide bonds. The van der Waals surface area contributed by atoms with E-state index in [0.29, 0.717) is 6.61 Å². The van der Waals surface area contributed by atoms with Crippen LogP contribution in [0.15, 0.2) is 12.7 Å². The molecule has 3 heteroatoms. The van der Waals surface area contributed by atoms with Crippen LogP contribution in [-0.2, 0) is 9.16 Å². The van der Waals surface area contributed by atoms with Crippen LogP contribution in [0.1, 0.15) is 0 Å². The molecule has 0 spiro atoms. The second-order valence-electron chi connectivity index (χ2n) is 1.68. The first-order chi connectivity index (χ1) is 4.41. The zero-order valence-electron chi connectivity index (χ0n) is 5.93. The van der Waals surface area contributed by atoms with E-state index in [2.05, 4.69) is 6.58 Å². The number of methoxy groups -OCH3 is 1. The van der Waals surface area contributed by atoms with Crippen LogP contribution in [-0.4, -0.2) is 30.1 Å². The summed E-state index contributed by atoms with van der Waals surface area (Å²) in [5, 5.41) is 0. The Morgan fingerprint density at radius 3 is 2.89 bits per heavy atom. The van der Waals surface area contributed by atoms with Gasteiger partial charge in [0.05, 0.1) is 13.2 Å². The predicted octanol–water partition coefficient (Wildman–Crippen LogP) is 0.337. The average Bonchev–Trinajstić information content (AvgIpc) is 1.89. The Morgan fingerprint density at radius 2 is 2.33 bits per heavy atom. The number of rotatable bonds is 6. The molecule has 0 fully saturated rings. The maximum atomic E-state index is 5.26. The van der Waals surface area contributed by atoms with Crippen molar-refractivity contribution in [2.24, 2.45) is 0 Å². The van der Waals surface area contributed by atoms with Crippen LogP contribution < -0.4 is 0 Å². The fourth-order valence-electron chi connectivity index (χ4n) is 0.411. The second-order valence-corrected chi connectivity index (χ2v) is 3.08. The molecule has 0 unspecified atom stereocenters. The van der Waals surface area contributed by atoms with Crippen molar-refractivity contribution in [3.63, 3.8) is 0 Å². The first-order valence-corrected chi connectivity index (χ1v) is 4.67. The molecule has 0 aromatic rings. The third-order valence-electron chi connectivity index (χ3n) is 0.898. The standard InChI is InChI=1S/C6H14O2Si/c1-3-6-9-8-5-4-7-2/h3H,1,4-6,9H2,2H3. The normalized spacial score (nSPS) is 10.8. The molecule has 0 saturated heterocycles. The van der Waals surface area contributed by atoms with Gasteiger partial charge in [0.2, 0.25) is 0 Å². The van der Waals surface area contributed by atoms with Gasteiger partial charge in [0.15, 0.2) is 9.76 Å². The minimum absolute atomic E-state index is 0.307. The summed E-state index contributed by atoms with van der Waals surface area (Å²) >= 11 is 0. The number of ether oxygens (including phenoxy) is 1. The van der Waals surface area contributed by atoms with Crippen LogP contribution >= 0.6 is 0 Å². The lowest BCUT2D eigenvalue weighted by atomic mass is 10.8. The Balaban J connectivity index is 2.66. The molecule has 0 aliphatic heterocycles.